The number of hydrogen-bond acceptors (Lipinski definition) is 6. The smallest absolute Gasteiger partial charge is 0.354 e. The number of anilines is 2. The third-order valence-corrected chi connectivity index (χ3v) is 4.22. The van der Waals surface area contributed by atoms with Gasteiger partial charge < -0.3 is 19.7 Å². The van der Waals surface area contributed by atoms with E-state index >= 15 is 0 Å². The van der Waals surface area contributed by atoms with E-state index < -0.39 is 17.8 Å². The van der Waals surface area contributed by atoms with E-state index in [-0.39, 0.29) is 5.70 Å². The number of halogens is 1. The zero-order chi connectivity index (χ0) is 18.4. The quantitative estimate of drug-likeness (QED) is 0.650. The van der Waals surface area contributed by atoms with Crippen molar-refractivity contribution in [2.75, 3.05) is 37.5 Å². The van der Waals surface area contributed by atoms with Crippen molar-refractivity contribution in [2.24, 2.45) is 5.92 Å². The molecule has 0 aliphatic carbocycles. The van der Waals surface area contributed by atoms with Gasteiger partial charge in [0, 0.05) is 13.1 Å². The van der Waals surface area contributed by atoms with Gasteiger partial charge >= 0.3 is 11.9 Å². The molecule has 0 spiro atoms. The zero-order valence-corrected chi connectivity index (χ0v) is 14.7. The van der Waals surface area contributed by atoms with Crippen molar-refractivity contribution in [3.63, 3.8) is 0 Å². The third-order valence-electron chi connectivity index (χ3n) is 4.22. The minimum Gasteiger partial charge on any atom is -0.466 e. The SMILES string of the molecule is COC(=O)/C=C(/Nc1cc(F)ccc1N1CCC(C)CC1)C(=O)OC. The minimum atomic E-state index is -0.743. The summed E-state index contributed by atoms with van der Waals surface area (Å²) in [5.41, 5.74) is 1.05. The van der Waals surface area contributed by atoms with Crippen LogP contribution in [-0.2, 0) is 19.1 Å². The van der Waals surface area contributed by atoms with Crippen molar-refractivity contribution < 1.29 is 23.5 Å². The van der Waals surface area contributed by atoms with Crippen LogP contribution in [0.5, 0.6) is 0 Å². The molecule has 0 bridgehead atoms. The summed E-state index contributed by atoms with van der Waals surface area (Å²) in [5.74, 6) is -1.25. The van der Waals surface area contributed by atoms with Crippen LogP contribution in [0.15, 0.2) is 30.0 Å². The van der Waals surface area contributed by atoms with Gasteiger partial charge in [0.25, 0.3) is 0 Å². The Bertz CT molecular complexity index is 667. The lowest BCUT2D eigenvalue weighted by molar-refractivity contribution is -0.138. The number of piperidine rings is 1. The molecular formula is C18H23FN2O4. The Labute approximate surface area is 146 Å². The minimum absolute atomic E-state index is 0.119. The lowest BCUT2D eigenvalue weighted by Crippen LogP contribution is -2.33. The van der Waals surface area contributed by atoms with Gasteiger partial charge in [0.05, 0.1) is 31.7 Å². The molecule has 1 heterocycles. The van der Waals surface area contributed by atoms with E-state index in [1.54, 1.807) is 6.07 Å². The van der Waals surface area contributed by atoms with Gasteiger partial charge in [0.15, 0.2) is 0 Å². The second kappa shape index (κ2) is 8.50. The summed E-state index contributed by atoms with van der Waals surface area (Å²) in [6, 6.07) is 4.34. The Kier molecular flexibility index (Phi) is 6.38. The Morgan fingerprint density at radius 1 is 1.24 bits per heavy atom. The first-order valence-electron chi connectivity index (χ1n) is 8.14. The van der Waals surface area contributed by atoms with Gasteiger partial charge in [0.2, 0.25) is 0 Å². The van der Waals surface area contributed by atoms with Crippen LogP contribution in [0, 0.1) is 11.7 Å². The first-order valence-corrected chi connectivity index (χ1v) is 8.14. The number of benzene rings is 1. The fourth-order valence-corrected chi connectivity index (χ4v) is 2.71. The van der Waals surface area contributed by atoms with Gasteiger partial charge in [-0.1, -0.05) is 6.92 Å². The van der Waals surface area contributed by atoms with Crippen molar-refractivity contribution >= 4 is 23.3 Å². The van der Waals surface area contributed by atoms with Crippen LogP contribution in [0.2, 0.25) is 0 Å². The highest BCUT2D eigenvalue weighted by molar-refractivity contribution is 5.99. The van der Waals surface area contributed by atoms with Gasteiger partial charge in [-0.2, -0.15) is 0 Å². The van der Waals surface area contributed by atoms with Crippen LogP contribution >= 0.6 is 0 Å². The van der Waals surface area contributed by atoms with Gasteiger partial charge in [-0.3, -0.25) is 0 Å². The second-order valence-electron chi connectivity index (χ2n) is 6.03. The fraction of sp³-hybridized carbons (Fsp3) is 0.444. The first kappa shape index (κ1) is 18.8. The molecule has 1 aliphatic heterocycles. The maximum absolute atomic E-state index is 13.8. The monoisotopic (exact) mass is 350 g/mol. The van der Waals surface area contributed by atoms with E-state index in [2.05, 4.69) is 26.6 Å². The van der Waals surface area contributed by atoms with Gasteiger partial charge in [-0.05, 0) is 37.0 Å². The summed E-state index contributed by atoms with van der Waals surface area (Å²) in [6.07, 6.45) is 3.07. The van der Waals surface area contributed by atoms with Crippen molar-refractivity contribution in [3.05, 3.63) is 35.8 Å². The molecule has 0 radical (unpaired) electrons. The molecule has 6 nitrogen and oxygen atoms in total. The summed E-state index contributed by atoms with van der Waals surface area (Å²) >= 11 is 0. The number of carbonyl (C=O) groups is 2. The Morgan fingerprint density at radius 2 is 1.92 bits per heavy atom. The molecule has 1 fully saturated rings. The molecule has 1 aromatic rings. The van der Waals surface area contributed by atoms with E-state index in [1.807, 2.05) is 0 Å². The topological polar surface area (TPSA) is 67.9 Å². The van der Waals surface area contributed by atoms with Crippen LogP contribution in [0.3, 0.4) is 0 Å². The molecule has 1 aliphatic rings. The number of ether oxygens (including phenoxy) is 2. The highest BCUT2D eigenvalue weighted by Gasteiger charge is 2.21. The number of nitrogens with zero attached hydrogens (tertiary/aromatic N) is 1. The maximum atomic E-state index is 13.8. The zero-order valence-electron chi connectivity index (χ0n) is 14.7. The molecular weight excluding hydrogens is 327 g/mol. The van der Waals surface area contributed by atoms with Gasteiger partial charge in [-0.15, -0.1) is 0 Å². The molecule has 2 rings (SSSR count). The van der Waals surface area contributed by atoms with Crippen molar-refractivity contribution in [1.82, 2.24) is 0 Å². The number of hydrogen-bond donors (Lipinski definition) is 1. The van der Waals surface area contributed by atoms with Crippen molar-refractivity contribution in [1.29, 1.82) is 0 Å². The Balaban J connectivity index is 2.33. The van der Waals surface area contributed by atoms with E-state index in [4.69, 9.17) is 0 Å². The summed E-state index contributed by atoms with van der Waals surface area (Å²) < 4.78 is 23.0. The standard InChI is InChI=1S/C18H23FN2O4/c1-12-6-8-21(9-7-12)16-5-4-13(19)10-14(16)20-15(18(23)25-3)11-17(22)24-2/h4-5,10-12,20H,6-9H2,1-3H3/b15-11+. The first-order chi connectivity index (χ1) is 11.9. The second-order valence-corrected chi connectivity index (χ2v) is 6.03. The lowest BCUT2D eigenvalue weighted by atomic mass is 9.98. The molecule has 7 heteroatoms. The molecule has 0 saturated carbocycles. The van der Waals surface area contributed by atoms with E-state index in [9.17, 15) is 14.0 Å². The predicted molar refractivity (Wildman–Crippen MR) is 92.7 cm³/mol. The highest BCUT2D eigenvalue weighted by atomic mass is 19.1. The highest BCUT2D eigenvalue weighted by Crippen LogP contribution is 2.31. The molecule has 0 unspecified atom stereocenters. The number of esters is 2. The average Bonchev–Trinajstić information content (AvgIpc) is 2.61. The number of nitrogens with one attached hydrogen (secondary N) is 1. The van der Waals surface area contributed by atoms with Crippen molar-refractivity contribution in [2.45, 2.75) is 19.8 Å². The molecule has 0 aromatic heterocycles. The van der Waals surface area contributed by atoms with Gasteiger partial charge in [-0.25, -0.2) is 14.0 Å². The van der Waals surface area contributed by atoms with Crippen LogP contribution in [0.25, 0.3) is 0 Å². The molecule has 136 valence electrons. The Hall–Kier alpha value is -2.57. The lowest BCUT2D eigenvalue weighted by Gasteiger charge is -2.33. The third kappa shape index (κ3) is 4.95. The van der Waals surface area contributed by atoms with Gasteiger partial charge in [0.1, 0.15) is 11.5 Å². The molecule has 25 heavy (non-hydrogen) atoms. The average molecular weight is 350 g/mol. The molecule has 0 atom stereocenters. The molecule has 0 amide bonds. The van der Waals surface area contributed by atoms with Crippen LogP contribution in [-0.4, -0.2) is 39.2 Å². The fourth-order valence-electron chi connectivity index (χ4n) is 2.71. The largest absolute Gasteiger partial charge is 0.466 e. The number of rotatable bonds is 5. The molecule has 1 aromatic carbocycles. The summed E-state index contributed by atoms with van der Waals surface area (Å²) in [5, 5.41) is 2.82. The summed E-state index contributed by atoms with van der Waals surface area (Å²) in [4.78, 5) is 25.5. The Morgan fingerprint density at radius 3 is 2.52 bits per heavy atom. The van der Waals surface area contributed by atoms with E-state index in [1.165, 1.54) is 26.4 Å². The van der Waals surface area contributed by atoms with Crippen LogP contribution < -0.4 is 10.2 Å². The van der Waals surface area contributed by atoms with Crippen LogP contribution in [0.1, 0.15) is 19.8 Å². The van der Waals surface area contributed by atoms with E-state index in [0.717, 1.165) is 37.7 Å². The summed E-state index contributed by atoms with van der Waals surface area (Å²) in [7, 11) is 2.41. The normalized spacial score (nSPS) is 15.7. The molecule has 1 saturated heterocycles. The summed E-state index contributed by atoms with van der Waals surface area (Å²) in [6.45, 7) is 3.89. The van der Waals surface area contributed by atoms with Crippen LogP contribution in [0.4, 0.5) is 15.8 Å². The number of methoxy groups -OCH3 is 2. The maximum Gasteiger partial charge on any atom is 0.354 e. The predicted octanol–water partition coefficient (Wildman–Crippen LogP) is 2.70. The van der Waals surface area contributed by atoms with Crippen molar-refractivity contribution in [3.8, 4) is 0 Å². The van der Waals surface area contributed by atoms with E-state index in [0.29, 0.717) is 11.6 Å². The molecule has 1 N–H and O–H groups in total. The number of carbonyl (C=O) groups excluding carboxylic acids is 2.